The van der Waals surface area contributed by atoms with Gasteiger partial charge in [0.1, 0.15) is 4.83 Å². The fourth-order valence-corrected chi connectivity index (χ4v) is 3.53. The zero-order valence-corrected chi connectivity index (χ0v) is 10.6. The summed E-state index contributed by atoms with van der Waals surface area (Å²) in [5, 5.41) is 1.16. The first-order valence-corrected chi connectivity index (χ1v) is 6.40. The summed E-state index contributed by atoms with van der Waals surface area (Å²) in [6.45, 7) is 0. The van der Waals surface area contributed by atoms with Crippen LogP contribution in [0, 0.1) is 0 Å². The maximum Gasteiger partial charge on any atom is 0.124 e. The normalized spacial score (nSPS) is 10.8. The fourth-order valence-electron chi connectivity index (χ4n) is 1.59. The Hall–Kier alpha value is -1.26. The third-order valence-electron chi connectivity index (χ3n) is 2.33. The van der Waals surface area contributed by atoms with Gasteiger partial charge in [-0.15, -0.1) is 11.3 Å². The molecule has 0 saturated heterocycles. The molecule has 3 rings (SSSR count). The van der Waals surface area contributed by atoms with E-state index in [1.165, 1.54) is 4.88 Å². The lowest BCUT2D eigenvalue weighted by atomic mass is 10.2. The van der Waals surface area contributed by atoms with Gasteiger partial charge in [0.15, 0.2) is 0 Å². The highest BCUT2D eigenvalue weighted by atomic mass is 79.9. The van der Waals surface area contributed by atoms with Gasteiger partial charge in [-0.05, 0) is 34.1 Å². The third-order valence-corrected chi connectivity index (χ3v) is 4.58. The highest BCUT2D eigenvalue weighted by Gasteiger charge is 2.11. The molecule has 0 aliphatic carbocycles. The molecule has 4 heteroatoms. The molecule has 0 atom stereocenters. The highest BCUT2D eigenvalue weighted by molar-refractivity contribution is 9.10. The molecule has 3 aromatic rings. The lowest BCUT2D eigenvalue weighted by Gasteiger charge is -1.96. The lowest BCUT2D eigenvalue weighted by molar-refractivity contribution is 1.33. The topological polar surface area (TPSA) is 25.8 Å². The lowest BCUT2D eigenvalue weighted by Crippen LogP contribution is -1.74. The Morgan fingerprint density at radius 3 is 2.75 bits per heavy atom. The van der Waals surface area contributed by atoms with Crippen LogP contribution in [-0.2, 0) is 0 Å². The SMILES string of the molecule is Brc1c(-c2cccnc2)sc2ncccc12. The second-order valence-electron chi connectivity index (χ2n) is 3.34. The van der Waals surface area contributed by atoms with E-state index in [4.69, 9.17) is 0 Å². The molecular formula is C12H7BrN2S. The Morgan fingerprint density at radius 1 is 1.12 bits per heavy atom. The van der Waals surface area contributed by atoms with Gasteiger partial charge in [-0.2, -0.15) is 0 Å². The molecule has 16 heavy (non-hydrogen) atoms. The summed E-state index contributed by atoms with van der Waals surface area (Å²) in [6.07, 6.45) is 5.47. The van der Waals surface area contributed by atoms with Crippen LogP contribution in [0.1, 0.15) is 0 Å². The number of halogens is 1. The van der Waals surface area contributed by atoms with Crippen LogP contribution in [-0.4, -0.2) is 9.97 Å². The summed E-state index contributed by atoms with van der Waals surface area (Å²) in [5.74, 6) is 0. The Bertz CT molecular complexity index is 634. The van der Waals surface area contributed by atoms with Crippen molar-refractivity contribution in [2.75, 3.05) is 0 Å². The van der Waals surface area contributed by atoms with E-state index in [1.807, 2.05) is 24.5 Å². The molecule has 0 aromatic carbocycles. The van der Waals surface area contributed by atoms with E-state index < -0.39 is 0 Å². The fraction of sp³-hybridized carbons (Fsp3) is 0. The number of thiophene rings is 1. The van der Waals surface area contributed by atoms with E-state index in [9.17, 15) is 0 Å². The predicted octanol–water partition coefficient (Wildman–Crippen LogP) is 4.12. The molecule has 3 heterocycles. The van der Waals surface area contributed by atoms with Gasteiger partial charge in [0.05, 0.1) is 4.88 Å². The van der Waals surface area contributed by atoms with Crippen molar-refractivity contribution in [1.82, 2.24) is 9.97 Å². The summed E-state index contributed by atoms with van der Waals surface area (Å²) in [6, 6.07) is 8.03. The quantitative estimate of drug-likeness (QED) is 0.674. The number of hydrogen-bond donors (Lipinski definition) is 0. The van der Waals surface area contributed by atoms with Crippen LogP contribution >= 0.6 is 27.3 Å². The summed E-state index contributed by atoms with van der Waals surface area (Å²) in [5.41, 5.74) is 1.12. The first-order valence-electron chi connectivity index (χ1n) is 4.79. The minimum Gasteiger partial charge on any atom is -0.264 e. The highest BCUT2D eigenvalue weighted by Crippen LogP contribution is 2.40. The van der Waals surface area contributed by atoms with Crippen LogP contribution in [0.15, 0.2) is 47.3 Å². The molecule has 0 fully saturated rings. The van der Waals surface area contributed by atoms with Gasteiger partial charge in [-0.3, -0.25) is 4.98 Å². The molecular weight excluding hydrogens is 284 g/mol. The Kier molecular flexibility index (Phi) is 2.46. The number of aromatic nitrogens is 2. The molecule has 2 nitrogen and oxygen atoms in total. The van der Waals surface area contributed by atoms with E-state index in [1.54, 1.807) is 17.5 Å². The van der Waals surface area contributed by atoms with Crippen molar-refractivity contribution in [1.29, 1.82) is 0 Å². The van der Waals surface area contributed by atoms with E-state index in [-0.39, 0.29) is 0 Å². The van der Waals surface area contributed by atoms with Crippen LogP contribution in [0.25, 0.3) is 20.7 Å². The van der Waals surface area contributed by atoms with Gasteiger partial charge in [0.25, 0.3) is 0 Å². The van der Waals surface area contributed by atoms with Crippen LogP contribution in [0.5, 0.6) is 0 Å². The third kappa shape index (κ3) is 1.54. The van der Waals surface area contributed by atoms with Gasteiger partial charge in [-0.1, -0.05) is 6.07 Å². The van der Waals surface area contributed by atoms with Crippen molar-refractivity contribution < 1.29 is 0 Å². The van der Waals surface area contributed by atoms with Gasteiger partial charge in [-0.25, -0.2) is 4.98 Å². The van der Waals surface area contributed by atoms with Crippen LogP contribution in [0.2, 0.25) is 0 Å². The van der Waals surface area contributed by atoms with E-state index in [2.05, 4.69) is 38.0 Å². The number of nitrogens with zero attached hydrogens (tertiary/aromatic N) is 2. The molecule has 0 unspecified atom stereocenters. The molecule has 0 radical (unpaired) electrons. The van der Waals surface area contributed by atoms with Crippen molar-refractivity contribution >= 4 is 37.5 Å². The van der Waals surface area contributed by atoms with Gasteiger partial charge in [0, 0.05) is 34.0 Å². The summed E-state index contributed by atoms with van der Waals surface area (Å²) in [7, 11) is 0. The van der Waals surface area contributed by atoms with Crippen molar-refractivity contribution in [3.05, 3.63) is 47.3 Å². The molecule has 0 spiro atoms. The monoisotopic (exact) mass is 290 g/mol. The van der Waals surface area contributed by atoms with Crippen LogP contribution < -0.4 is 0 Å². The average molecular weight is 291 g/mol. The molecule has 0 amide bonds. The van der Waals surface area contributed by atoms with Gasteiger partial charge < -0.3 is 0 Å². The minimum atomic E-state index is 1.05. The molecule has 0 aliphatic rings. The molecule has 0 N–H and O–H groups in total. The molecule has 0 saturated carbocycles. The largest absolute Gasteiger partial charge is 0.264 e. The second-order valence-corrected chi connectivity index (χ2v) is 5.14. The first kappa shape index (κ1) is 9.93. The predicted molar refractivity (Wildman–Crippen MR) is 70.6 cm³/mol. The minimum absolute atomic E-state index is 1.05. The summed E-state index contributed by atoms with van der Waals surface area (Å²) in [4.78, 5) is 10.7. The molecule has 0 aliphatic heterocycles. The number of hydrogen-bond acceptors (Lipinski definition) is 3. The number of rotatable bonds is 1. The zero-order chi connectivity index (χ0) is 11.0. The average Bonchev–Trinajstić information content (AvgIpc) is 2.69. The van der Waals surface area contributed by atoms with Crippen molar-refractivity contribution in [3.8, 4) is 10.4 Å². The van der Waals surface area contributed by atoms with Crippen LogP contribution in [0.4, 0.5) is 0 Å². The Morgan fingerprint density at radius 2 is 2.00 bits per heavy atom. The Balaban J connectivity index is 2.29. The molecule has 78 valence electrons. The maximum atomic E-state index is 4.36. The van der Waals surface area contributed by atoms with Crippen molar-refractivity contribution in [3.63, 3.8) is 0 Å². The summed E-state index contributed by atoms with van der Waals surface area (Å²) < 4.78 is 1.11. The van der Waals surface area contributed by atoms with Crippen molar-refractivity contribution in [2.24, 2.45) is 0 Å². The Labute approximate surface area is 105 Å². The maximum absolute atomic E-state index is 4.36. The number of pyridine rings is 2. The smallest absolute Gasteiger partial charge is 0.124 e. The van der Waals surface area contributed by atoms with Gasteiger partial charge >= 0.3 is 0 Å². The molecule has 3 aromatic heterocycles. The van der Waals surface area contributed by atoms with Gasteiger partial charge in [0.2, 0.25) is 0 Å². The standard InChI is InChI=1S/C12H7BrN2S/c13-10-9-4-2-6-15-12(9)16-11(10)8-3-1-5-14-7-8/h1-7H. The van der Waals surface area contributed by atoms with E-state index >= 15 is 0 Å². The summed E-state index contributed by atoms with van der Waals surface area (Å²) >= 11 is 5.31. The van der Waals surface area contributed by atoms with E-state index in [0.717, 1.165) is 20.3 Å². The molecule has 0 bridgehead atoms. The van der Waals surface area contributed by atoms with E-state index in [0.29, 0.717) is 0 Å². The van der Waals surface area contributed by atoms with Crippen LogP contribution in [0.3, 0.4) is 0 Å². The number of fused-ring (bicyclic) bond motifs is 1. The zero-order valence-electron chi connectivity index (χ0n) is 8.22. The first-order chi connectivity index (χ1) is 7.86. The second kappa shape index (κ2) is 3.96. The van der Waals surface area contributed by atoms with Crippen molar-refractivity contribution in [2.45, 2.75) is 0 Å².